The van der Waals surface area contributed by atoms with Gasteiger partial charge in [-0.15, -0.1) is 0 Å². The van der Waals surface area contributed by atoms with Gasteiger partial charge in [-0.1, -0.05) is 12.1 Å². The van der Waals surface area contributed by atoms with Crippen LogP contribution < -0.4 is 0 Å². The first-order chi connectivity index (χ1) is 8.25. The highest BCUT2D eigenvalue weighted by molar-refractivity contribution is 14.1. The third-order valence-corrected chi connectivity index (χ3v) is 2.81. The van der Waals surface area contributed by atoms with Crippen LogP contribution in [-0.4, -0.2) is 11.0 Å². The van der Waals surface area contributed by atoms with Crippen molar-refractivity contribution in [2.24, 2.45) is 0 Å². The Labute approximate surface area is 113 Å². The number of nitrogens with zero attached hydrogens (tertiary/aromatic N) is 1. The van der Waals surface area contributed by atoms with Gasteiger partial charge in [0.25, 0.3) is 0 Å². The summed E-state index contributed by atoms with van der Waals surface area (Å²) >= 11 is 2.16. The van der Waals surface area contributed by atoms with Crippen molar-refractivity contribution in [1.82, 2.24) is 4.98 Å². The zero-order valence-electron chi connectivity index (χ0n) is 8.97. The average Bonchev–Trinajstić information content (AvgIpc) is 2.37. The summed E-state index contributed by atoms with van der Waals surface area (Å²) < 4.78 is 6.17. The molecule has 0 aliphatic rings. The summed E-state index contributed by atoms with van der Waals surface area (Å²) in [6.45, 7) is 0.200. The number of esters is 1. The lowest BCUT2D eigenvalue weighted by molar-refractivity contribution is 0.0467. The molecule has 0 aliphatic heterocycles. The van der Waals surface area contributed by atoms with Crippen LogP contribution in [0.25, 0.3) is 0 Å². The minimum Gasteiger partial charge on any atom is -0.456 e. The van der Waals surface area contributed by atoms with Gasteiger partial charge in [0.05, 0.1) is 11.3 Å². The standard InChI is InChI=1S/C13H10INO2/c14-11-5-3-4-10(8-11)13(16)17-9-12-6-1-2-7-15-12/h1-8H,9H2. The number of carbonyl (C=O) groups is 1. The third kappa shape index (κ3) is 3.52. The molecule has 0 saturated heterocycles. The fraction of sp³-hybridized carbons (Fsp3) is 0.0769. The molecule has 0 bridgehead atoms. The number of hydrogen-bond acceptors (Lipinski definition) is 3. The molecule has 1 aromatic carbocycles. The van der Waals surface area contributed by atoms with Crippen molar-refractivity contribution in [1.29, 1.82) is 0 Å². The Kier molecular flexibility index (Phi) is 4.08. The van der Waals surface area contributed by atoms with Crippen molar-refractivity contribution in [3.8, 4) is 0 Å². The molecule has 86 valence electrons. The Balaban J connectivity index is 1.98. The third-order valence-electron chi connectivity index (χ3n) is 2.14. The number of aromatic nitrogens is 1. The van der Waals surface area contributed by atoms with Gasteiger partial charge in [0, 0.05) is 9.77 Å². The highest BCUT2D eigenvalue weighted by Gasteiger charge is 2.07. The molecule has 0 saturated carbocycles. The van der Waals surface area contributed by atoms with Crippen LogP contribution in [0.15, 0.2) is 48.7 Å². The van der Waals surface area contributed by atoms with Crippen LogP contribution in [0.2, 0.25) is 0 Å². The van der Waals surface area contributed by atoms with Gasteiger partial charge in [-0.25, -0.2) is 4.79 Å². The second-order valence-electron chi connectivity index (χ2n) is 3.41. The quantitative estimate of drug-likeness (QED) is 0.637. The zero-order chi connectivity index (χ0) is 12.1. The highest BCUT2D eigenvalue weighted by atomic mass is 127. The first kappa shape index (κ1) is 12.0. The van der Waals surface area contributed by atoms with Crippen LogP contribution in [0.4, 0.5) is 0 Å². The number of rotatable bonds is 3. The average molecular weight is 339 g/mol. The Hall–Kier alpha value is -1.43. The van der Waals surface area contributed by atoms with Gasteiger partial charge in [0.15, 0.2) is 0 Å². The second kappa shape index (κ2) is 5.77. The molecule has 0 fully saturated rings. The highest BCUT2D eigenvalue weighted by Crippen LogP contribution is 2.09. The van der Waals surface area contributed by atoms with Crippen LogP contribution in [0, 0.1) is 3.57 Å². The van der Waals surface area contributed by atoms with Crippen LogP contribution in [0.3, 0.4) is 0 Å². The molecular weight excluding hydrogens is 329 g/mol. The van der Waals surface area contributed by atoms with Crippen LogP contribution in [0.1, 0.15) is 16.1 Å². The molecule has 1 aromatic heterocycles. The van der Waals surface area contributed by atoms with E-state index >= 15 is 0 Å². The lowest BCUT2D eigenvalue weighted by Crippen LogP contribution is -2.06. The first-order valence-corrected chi connectivity index (χ1v) is 6.16. The fourth-order valence-corrected chi connectivity index (χ4v) is 1.86. The maximum absolute atomic E-state index is 11.7. The number of hydrogen-bond donors (Lipinski definition) is 0. The minimum atomic E-state index is -0.325. The number of pyridine rings is 1. The monoisotopic (exact) mass is 339 g/mol. The molecule has 4 heteroatoms. The van der Waals surface area contributed by atoms with Gasteiger partial charge in [-0.05, 0) is 52.9 Å². The Morgan fingerprint density at radius 2 is 2.12 bits per heavy atom. The van der Waals surface area contributed by atoms with E-state index in [1.807, 2.05) is 30.3 Å². The number of ether oxygens (including phenoxy) is 1. The summed E-state index contributed by atoms with van der Waals surface area (Å²) in [5.74, 6) is -0.325. The van der Waals surface area contributed by atoms with E-state index in [9.17, 15) is 4.79 Å². The van der Waals surface area contributed by atoms with E-state index in [1.165, 1.54) is 0 Å². The van der Waals surface area contributed by atoms with Crippen molar-refractivity contribution in [2.45, 2.75) is 6.61 Å². The summed E-state index contributed by atoms with van der Waals surface area (Å²) in [4.78, 5) is 15.8. The number of carbonyl (C=O) groups excluding carboxylic acids is 1. The van der Waals surface area contributed by atoms with Crippen LogP contribution in [-0.2, 0) is 11.3 Å². The van der Waals surface area contributed by atoms with E-state index < -0.39 is 0 Å². The lowest BCUT2D eigenvalue weighted by atomic mass is 10.2. The number of benzene rings is 1. The maximum Gasteiger partial charge on any atom is 0.338 e. The Morgan fingerprint density at radius 1 is 1.24 bits per heavy atom. The smallest absolute Gasteiger partial charge is 0.338 e. The van der Waals surface area contributed by atoms with Gasteiger partial charge in [0.2, 0.25) is 0 Å². The summed E-state index contributed by atoms with van der Waals surface area (Å²) in [5, 5.41) is 0. The number of halogens is 1. The first-order valence-electron chi connectivity index (χ1n) is 5.08. The molecular formula is C13H10INO2. The fourth-order valence-electron chi connectivity index (χ4n) is 1.32. The van der Waals surface area contributed by atoms with Crippen molar-refractivity contribution in [3.63, 3.8) is 0 Å². The molecule has 0 amide bonds. The van der Waals surface area contributed by atoms with Crippen molar-refractivity contribution in [3.05, 3.63) is 63.5 Å². The van der Waals surface area contributed by atoms with Gasteiger partial charge in [-0.3, -0.25) is 4.98 Å². The SMILES string of the molecule is O=C(OCc1ccccn1)c1cccc(I)c1. The molecule has 0 radical (unpaired) electrons. The van der Waals surface area contributed by atoms with E-state index in [1.54, 1.807) is 18.3 Å². The topological polar surface area (TPSA) is 39.2 Å². The van der Waals surface area contributed by atoms with E-state index in [4.69, 9.17) is 4.74 Å². The largest absolute Gasteiger partial charge is 0.456 e. The molecule has 17 heavy (non-hydrogen) atoms. The van der Waals surface area contributed by atoms with Gasteiger partial charge >= 0.3 is 5.97 Å². The molecule has 2 rings (SSSR count). The molecule has 0 N–H and O–H groups in total. The molecule has 2 aromatic rings. The Morgan fingerprint density at radius 3 is 2.82 bits per heavy atom. The zero-order valence-corrected chi connectivity index (χ0v) is 11.1. The molecule has 0 atom stereocenters. The minimum absolute atomic E-state index is 0.200. The van der Waals surface area contributed by atoms with E-state index in [0.717, 1.165) is 9.26 Å². The summed E-state index contributed by atoms with van der Waals surface area (Å²) in [5.41, 5.74) is 1.30. The second-order valence-corrected chi connectivity index (χ2v) is 4.65. The van der Waals surface area contributed by atoms with Crippen molar-refractivity contribution < 1.29 is 9.53 Å². The predicted molar refractivity (Wildman–Crippen MR) is 72.5 cm³/mol. The maximum atomic E-state index is 11.7. The Bertz CT molecular complexity index is 514. The lowest BCUT2D eigenvalue weighted by Gasteiger charge is -2.04. The molecule has 0 aliphatic carbocycles. The van der Waals surface area contributed by atoms with Crippen LogP contribution in [0.5, 0.6) is 0 Å². The van der Waals surface area contributed by atoms with E-state index in [0.29, 0.717) is 5.56 Å². The summed E-state index contributed by atoms with van der Waals surface area (Å²) in [6, 6.07) is 12.8. The summed E-state index contributed by atoms with van der Waals surface area (Å²) in [7, 11) is 0. The molecule has 3 nitrogen and oxygen atoms in total. The van der Waals surface area contributed by atoms with Gasteiger partial charge < -0.3 is 4.74 Å². The van der Waals surface area contributed by atoms with Gasteiger partial charge in [-0.2, -0.15) is 0 Å². The molecule has 0 spiro atoms. The van der Waals surface area contributed by atoms with E-state index in [-0.39, 0.29) is 12.6 Å². The van der Waals surface area contributed by atoms with Crippen molar-refractivity contribution >= 4 is 28.6 Å². The normalized spacial score (nSPS) is 9.94. The van der Waals surface area contributed by atoms with Gasteiger partial charge in [0.1, 0.15) is 6.61 Å². The van der Waals surface area contributed by atoms with E-state index in [2.05, 4.69) is 27.6 Å². The molecule has 1 heterocycles. The van der Waals surface area contributed by atoms with Crippen molar-refractivity contribution in [2.75, 3.05) is 0 Å². The predicted octanol–water partition coefficient (Wildman–Crippen LogP) is 3.04. The van der Waals surface area contributed by atoms with Crippen LogP contribution >= 0.6 is 22.6 Å². The summed E-state index contributed by atoms with van der Waals surface area (Å²) in [6.07, 6.45) is 1.68. The molecule has 0 unspecified atom stereocenters.